The van der Waals surface area contributed by atoms with Crippen molar-refractivity contribution in [2.75, 3.05) is 11.1 Å². The number of hydrogen-bond donors (Lipinski definition) is 4. The molecule has 12 heteroatoms. The molecule has 1 fully saturated rings. The summed E-state index contributed by atoms with van der Waals surface area (Å²) in [5, 5.41) is 23.8. The fourth-order valence-corrected chi connectivity index (χ4v) is 5.17. The van der Waals surface area contributed by atoms with Gasteiger partial charge in [-0.1, -0.05) is 24.3 Å². The lowest BCUT2D eigenvalue weighted by Crippen LogP contribution is -2.35. The van der Waals surface area contributed by atoms with Crippen molar-refractivity contribution in [3.8, 4) is 22.5 Å². The molecule has 0 aliphatic heterocycles. The predicted molar refractivity (Wildman–Crippen MR) is 152 cm³/mol. The molecule has 1 heterocycles. The second kappa shape index (κ2) is 11.6. The highest BCUT2D eigenvalue weighted by atomic mass is 19.4. The Hall–Kier alpha value is -4.73. The molecule has 0 unspecified atom stereocenters. The second-order valence-electron chi connectivity index (χ2n) is 10.2. The van der Waals surface area contributed by atoms with Gasteiger partial charge in [-0.25, -0.2) is 4.85 Å². The molecule has 5 N–H and O–H groups in total. The Labute approximate surface area is 240 Å². The first-order valence-electron chi connectivity index (χ1n) is 13.2. The number of carbonyl (C=O) groups is 1. The number of aliphatic hydroxyl groups is 1. The van der Waals surface area contributed by atoms with Crippen molar-refractivity contribution in [2.24, 2.45) is 7.05 Å². The smallest absolute Gasteiger partial charge is 0.397 e. The fourth-order valence-electron chi connectivity index (χ4n) is 5.17. The molecule has 5 rings (SSSR count). The van der Waals surface area contributed by atoms with Gasteiger partial charge in [0.25, 0.3) is 5.91 Å². The number of hydrogen-bond acceptors (Lipinski definition) is 6. The van der Waals surface area contributed by atoms with Crippen molar-refractivity contribution in [1.29, 1.82) is 0 Å². The van der Waals surface area contributed by atoms with Crippen LogP contribution in [0.5, 0.6) is 0 Å². The molecular formula is C30H28F3N7O2. The molecule has 3 aromatic carbocycles. The quantitative estimate of drug-likeness (QED) is 0.169. The maximum atomic E-state index is 13.9. The van der Waals surface area contributed by atoms with E-state index in [1.807, 2.05) is 0 Å². The Bertz CT molecular complexity index is 1680. The standard InChI is InChI=1S/C30H28F3N7O2/c1-35-20-9-10-21(22(14-20)28-39-37-16-40(28)2)18-5-3-6-19(13-18)29(42)38-25-12-17(11-23(27(25)34)30(31,32)33)15-36-24-7-4-8-26(24)41/h3,5-6,9-14,16,24,26,36,41H,4,7-8,15,34H2,2H3,(H,38,42)/t24-,26+/m1/s1. The van der Waals surface area contributed by atoms with Gasteiger partial charge in [-0.3, -0.25) is 4.79 Å². The maximum Gasteiger partial charge on any atom is 0.418 e. The molecule has 1 saturated carbocycles. The SMILES string of the molecule is [C-]#[N+]c1ccc(-c2cccc(C(=O)Nc3cc(CN[C@@H]4CCC[C@@H]4O)cc(C(F)(F)F)c3N)c2)c(-c2nncn2C)c1. The highest BCUT2D eigenvalue weighted by Gasteiger charge is 2.35. The van der Waals surface area contributed by atoms with E-state index in [1.165, 1.54) is 12.4 Å². The largest absolute Gasteiger partial charge is 0.418 e. The van der Waals surface area contributed by atoms with E-state index in [9.17, 15) is 23.1 Å². The molecule has 42 heavy (non-hydrogen) atoms. The van der Waals surface area contributed by atoms with Crippen LogP contribution in [0.3, 0.4) is 0 Å². The van der Waals surface area contributed by atoms with Gasteiger partial charge >= 0.3 is 6.18 Å². The molecule has 216 valence electrons. The molecule has 0 spiro atoms. The van der Waals surface area contributed by atoms with E-state index in [0.29, 0.717) is 34.6 Å². The number of rotatable bonds is 7. The van der Waals surface area contributed by atoms with Gasteiger partial charge < -0.3 is 26.0 Å². The normalized spacial score (nSPS) is 16.8. The third kappa shape index (κ3) is 5.97. The zero-order valence-corrected chi connectivity index (χ0v) is 22.6. The number of anilines is 2. The third-order valence-electron chi connectivity index (χ3n) is 7.36. The Morgan fingerprint density at radius 2 is 1.98 bits per heavy atom. The Morgan fingerprint density at radius 1 is 1.17 bits per heavy atom. The zero-order chi connectivity index (χ0) is 30.0. The zero-order valence-electron chi connectivity index (χ0n) is 22.6. The van der Waals surface area contributed by atoms with E-state index < -0.39 is 29.4 Å². The number of nitrogen functional groups attached to an aromatic ring is 1. The minimum atomic E-state index is -4.74. The highest BCUT2D eigenvalue weighted by Crippen LogP contribution is 2.39. The van der Waals surface area contributed by atoms with Gasteiger partial charge in [-0.2, -0.15) is 13.2 Å². The van der Waals surface area contributed by atoms with Crippen LogP contribution >= 0.6 is 0 Å². The van der Waals surface area contributed by atoms with E-state index in [2.05, 4.69) is 25.7 Å². The average molecular weight is 576 g/mol. The van der Waals surface area contributed by atoms with Crippen molar-refractivity contribution >= 4 is 23.0 Å². The molecule has 1 aliphatic carbocycles. The molecule has 1 amide bonds. The number of nitrogens with one attached hydrogen (secondary N) is 2. The lowest BCUT2D eigenvalue weighted by Gasteiger charge is -2.20. The lowest BCUT2D eigenvalue weighted by molar-refractivity contribution is -0.136. The van der Waals surface area contributed by atoms with Crippen LogP contribution in [0.4, 0.5) is 30.2 Å². The summed E-state index contributed by atoms with van der Waals surface area (Å²) in [7, 11) is 1.77. The number of aryl methyl sites for hydroxylation is 1. The van der Waals surface area contributed by atoms with E-state index in [4.69, 9.17) is 12.3 Å². The highest BCUT2D eigenvalue weighted by molar-refractivity contribution is 6.07. The molecule has 0 saturated heterocycles. The number of carbonyl (C=O) groups excluding carboxylic acids is 1. The van der Waals surface area contributed by atoms with E-state index >= 15 is 0 Å². The van der Waals surface area contributed by atoms with Gasteiger partial charge in [0, 0.05) is 30.8 Å². The molecular weight excluding hydrogens is 547 g/mol. The van der Waals surface area contributed by atoms with Crippen molar-refractivity contribution in [3.05, 3.63) is 89.0 Å². The molecule has 0 bridgehead atoms. The summed E-state index contributed by atoms with van der Waals surface area (Å²) in [5.74, 6) is -0.126. The lowest BCUT2D eigenvalue weighted by atomic mass is 9.96. The van der Waals surface area contributed by atoms with Crippen LogP contribution in [-0.4, -0.2) is 37.9 Å². The van der Waals surface area contributed by atoms with Crippen molar-refractivity contribution in [3.63, 3.8) is 0 Å². The van der Waals surface area contributed by atoms with E-state index in [-0.39, 0.29) is 29.4 Å². The fraction of sp³-hybridized carbons (Fsp3) is 0.267. The second-order valence-corrected chi connectivity index (χ2v) is 10.2. The van der Waals surface area contributed by atoms with Gasteiger partial charge in [0.2, 0.25) is 0 Å². The minimum Gasteiger partial charge on any atom is -0.397 e. The molecule has 4 aromatic rings. The molecule has 9 nitrogen and oxygen atoms in total. The van der Waals surface area contributed by atoms with Crippen molar-refractivity contribution in [2.45, 2.75) is 44.1 Å². The van der Waals surface area contributed by atoms with Gasteiger partial charge in [0.05, 0.1) is 29.6 Å². The number of aliphatic hydroxyl groups excluding tert-OH is 1. The summed E-state index contributed by atoms with van der Waals surface area (Å²) in [4.78, 5) is 16.8. The average Bonchev–Trinajstić information content (AvgIpc) is 3.59. The first-order valence-corrected chi connectivity index (χ1v) is 13.2. The monoisotopic (exact) mass is 575 g/mol. The van der Waals surface area contributed by atoms with E-state index in [1.54, 1.807) is 54.1 Å². The maximum absolute atomic E-state index is 13.9. The number of nitrogens with zero attached hydrogens (tertiary/aromatic N) is 4. The summed E-state index contributed by atoms with van der Waals surface area (Å²) in [6, 6.07) is 13.8. The van der Waals surface area contributed by atoms with Crippen LogP contribution in [0, 0.1) is 6.57 Å². The van der Waals surface area contributed by atoms with Gasteiger partial charge in [-0.05, 0) is 66.3 Å². The molecule has 1 aliphatic rings. The summed E-state index contributed by atoms with van der Waals surface area (Å²) < 4.78 is 43.3. The molecule has 0 radical (unpaired) electrons. The number of aromatic nitrogens is 3. The topological polar surface area (TPSA) is 122 Å². The Morgan fingerprint density at radius 3 is 2.64 bits per heavy atom. The van der Waals surface area contributed by atoms with Crippen LogP contribution in [0.1, 0.15) is 40.7 Å². The number of benzene rings is 3. The van der Waals surface area contributed by atoms with Gasteiger partial charge in [0.15, 0.2) is 11.5 Å². The van der Waals surface area contributed by atoms with Gasteiger partial charge in [0.1, 0.15) is 6.33 Å². The minimum absolute atomic E-state index is 0.0644. The van der Waals surface area contributed by atoms with E-state index in [0.717, 1.165) is 18.9 Å². The third-order valence-corrected chi connectivity index (χ3v) is 7.36. The number of nitrogens with two attached hydrogens (primary N) is 1. The number of amides is 1. The summed E-state index contributed by atoms with van der Waals surface area (Å²) in [5.41, 5.74) is 6.93. The van der Waals surface area contributed by atoms with Crippen molar-refractivity contribution < 1.29 is 23.1 Å². The molecule has 2 atom stereocenters. The van der Waals surface area contributed by atoms with Crippen LogP contribution in [-0.2, 0) is 19.8 Å². The van der Waals surface area contributed by atoms with Crippen LogP contribution in [0.15, 0.2) is 60.9 Å². The van der Waals surface area contributed by atoms with Crippen LogP contribution < -0.4 is 16.4 Å². The first-order chi connectivity index (χ1) is 20.0. The van der Waals surface area contributed by atoms with Gasteiger partial charge in [-0.15, -0.1) is 10.2 Å². The van der Waals surface area contributed by atoms with Crippen LogP contribution in [0.2, 0.25) is 0 Å². The number of alkyl halides is 3. The summed E-state index contributed by atoms with van der Waals surface area (Å²) >= 11 is 0. The first kappa shape index (κ1) is 28.8. The van der Waals surface area contributed by atoms with Crippen molar-refractivity contribution in [1.82, 2.24) is 20.1 Å². The predicted octanol–water partition coefficient (Wildman–Crippen LogP) is 5.56. The number of halogens is 3. The Kier molecular flexibility index (Phi) is 7.98. The molecule has 1 aromatic heterocycles. The Balaban J connectivity index is 1.46. The summed E-state index contributed by atoms with van der Waals surface area (Å²) in [6.45, 7) is 7.45. The van der Waals surface area contributed by atoms with Crippen LogP contribution in [0.25, 0.3) is 27.4 Å². The summed E-state index contributed by atoms with van der Waals surface area (Å²) in [6.07, 6.45) is -1.57.